The van der Waals surface area contributed by atoms with E-state index in [-0.39, 0.29) is 31.1 Å². The van der Waals surface area contributed by atoms with E-state index in [2.05, 4.69) is 27.7 Å². The zero-order valence-electron chi connectivity index (χ0n) is 40.2. The van der Waals surface area contributed by atoms with Gasteiger partial charge in [-0.25, -0.2) is 0 Å². The van der Waals surface area contributed by atoms with E-state index in [0.717, 1.165) is 63.7 Å². The Morgan fingerprint density at radius 1 is 0.339 bits per heavy atom. The summed E-state index contributed by atoms with van der Waals surface area (Å²) in [5, 5.41) is 0. The lowest BCUT2D eigenvalue weighted by Gasteiger charge is -2.18. The lowest BCUT2D eigenvalue weighted by molar-refractivity contribution is -0.167. The molecule has 0 amide bonds. The minimum Gasteiger partial charge on any atom is -0.462 e. The normalized spacial score (nSPS) is 12.4. The van der Waals surface area contributed by atoms with Crippen LogP contribution >= 0.6 is 0 Å². The Kier molecular flexibility index (Phi) is 46.2. The van der Waals surface area contributed by atoms with Gasteiger partial charge >= 0.3 is 17.9 Å². The van der Waals surface area contributed by atoms with Crippen molar-refractivity contribution in [3.8, 4) is 0 Å². The van der Waals surface area contributed by atoms with E-state index in [0.29, 0.717) is 19.3 Å². The van der Waals surface area contributed by atoms with Crippen LogP contribution in [0.2, 0.25) is 0 Å². The summed E-state index contributed by atoms with van der Waals surface area (Å²) >= 11 is 0. The molecule has 0 heterocycles. The highest BCUT2D eigenvalue weighted by Crippen LogP contribution is 2.18. The van der Waals surface area contributed by atoms with Crippen LogP contribution in [0.15, 0.2) is 0 Å². The molecule has 0 aliphatic rings. The molecule has 350 valence electrons. The van der Waals surface area contributed by atoms with E-state index >= 15 is 0 Å². The lowest BCUT2D eigenvalue weighted by atomic mass is 9.99. The molecule has 0 saturated heterocycles. The molecule has 0 aromatic carbocycles. The second-order valence-electron chi connectivity index (χ2n) is 18.4. The number of carbonyl (C=O) groups is 3. The third-order valence-corrected chi connectivity index (χ3v) is 12.4. The van der Waals surface area contributed by atoms with Crippen molar-refractivity contribution >= 4 is 17.9 Å². The molecule has 0 aliphatic carbocycles. The van der Waals surface area contributed by atoms with Gasteiger partial charge in [-0.3, -0.25) is 14.4 Å². The van der Waals surface area contributed by atoms with E-state index in [1.54, 1.807) is 0 Å². The van der Waals surface area contributed by atoms with Crippen LogP contribution in [0, 0.1) is 5.92 Å². The summed E-state index contributed by atoms with van der Waals surface area (Å²) in [5.74, 6) is 0.00209. The summed E-state index contributed by atoms with van der Waals surface area (Å²) < 4.78 is 16.8. The molecule has 0 radical (unpaired) electrons. The summed E-state index contributed by atoms with van der Waals surface area (Å²) in [6.07, 6.45) is 49.4. The Morgan fingerprint density at radius 3 is 0.881 bits per heavy atom. The van der Waals surface area contributed by atoms with Gasteiger partial charge in [0, 0.05) is 19.3 Å². The van der Waals surface area contributed by atoms with E-state index in [4.69, 9.17) is 14.2 Å². The highest BCUT2D eigenvalue weighted by Gasteiger charge is 2.19. The fraction of sp³-hybridized carbons (Fsp3) is 0.943. The van der Waals surface area contributed by atoms with Crippen LogP contribution in [0.3, 0.4) is 0 Å². The van der Waals surface area contributed by atoms with Gasteiger partial charge in [-0.05, 0) is 25.2 Å². The van der Waals surface area contributed by atoms with Crippen LogP contribution in [-0.4, -0.2) is 37.2 Å². The van der Waals surface area contributed by atoms with Crippen LogP contribution in [0.25, 0.3) is 0 Å². The quantitative estimate of drug-likeness (QED) is 0.0345. The molecule has 6 heteroatoms. The van der Waals surface area contributed by atoms with E-state index < -0.39 is 6.10 Å². The summed E-state index contributed by atoms with van der Waals surface area (Å²) in [7, 11) is 0. The first-order valence-electron chi connectivity index (χ1n) is 26.4. The molecule has 2 atom stereocenters. The van der Waals surface area contributed by atoms with Crippen LogP contribution in [0.1, 0.15) is 297 Å². The second-order valence-corrected chi connectivity index (χ2v) is 18.4. The number of unbranched alkanes of at least 4 members (excludes halogenated alkanes) is 34. The van der Waals surface area contributed by atoms with Gasteiger partial charge < -0.3 is 14.2 Å². The molecular weight excluding hydrogens is 733 g/mol. The summed E-state index contributed by atoms with van der Waals surface area (Å²) in [4.78, 5) is 37.9. The Balaban J connectivity index is 4.25. The van der Waals surface area contributed by atoms with E-state index in [1.165, 1.54) is 193 Å². The standard InChI is InChI=1S/C53H102O6/c1-5-8-10-12-14-16-18-19-20-21-22-23-24-26-27-32-36-40-44-51(54)57-47-50(59-53(56)46-42-38-34-28-25-17-15-13-11-9-6-2)48-58-52(55)45-41-37-33-30-29-31-35-39-43-49(4)7-3/h49-50H,5-48H2,1-4H3/t49?,50-/m1/s1. The highest BCUT2D eigenvalue weighted by atomic mass is 16.6. The molecule has 1 unspecified atom stereocenters. The predicted octanol–water partition coefficient (Wildman–Crippen LogP) is 17.1. The number of hydrogen-bond acceptors (Lipinski definition) is 6. The van der Waals surface area contributed by atoms with Crippen LogP contribution in [0.4, 0.5) is 0 Å². The number of carbonyl (C=O) groups excluding carboxylic acids is 3. The van der Waals surface area contributed by atoms with Gasteiger partial charge in [0.25, 0.3) is 0 Å². The SMILES string of the molecule is CCCCCCCCCCCCCCCCCCCCC(=O)OC[C@H](COC(=O)CCCCCCCCCCC(C)CC)OC(=O)CCCCCCCCCCCCC. The van der Waals surface area contributed by atoms with Crippen molar-refractivity contribution in [1.29, 1.82) is 0 Å². The van der Waals surface area contributed by atoms with E-state index in [1.807, 2.05) is 0 Å². The van der Waals surface area contributed by atoms with Gasteiger partial charge in [-0.1, -0.05) is 259 Å². The van der Waals surface area contributed by atoms with Crippen molar-refractivity contribution in [2.75, 3.05) is 13.2 Å². The highest BCUT2D eigenvalue weighted by molar-refractivity contribution is 5.71. The van der Waals surface area contributed by atoms with Gasteiger partial charge in [0.1, 0.15) is 13.2 Å². The topological polar surface area (TPSA) is 78.9 Å². The third kappa shape index (κ3) is 45.8. The maximum absolute atomic E-state index is 12.8. The fourth-order valence-electron chi connectivity index (χ4n) is 8.01. The predicted molar refractivity (Wildman–Crippen MR) is 252 cm³/mol. The Bertz CT molecular complexity index is 889. The van der Waals surface area contributed by atoms with Gasteiger partial charge in [0.05, 0.1) is 0 Å². The monoisotopic (exact) mass is 835 g/mol. The van der Waals surface area contributed by atoms with Crippen LogP contribution in [-0.2, 0) is 28.6 Å². The first kappa shape index (κ1) is 57.4. The molecule has 0 aromatic heterocycles. The minimum atomic E-state index is -0.760. The minimum absolute atomic E-state index is 0.0630. The van der Waals surface area contributed by atoms with Crippen molar-refractivity contribution in [2.45, 2.75) is 303 Å². The lowest BCUT2D eigenvalue weighted by Crippen LogP contribution is -2.30. The van der Waals surface area contributed by atoms with Gasteiger partial charge in [0.15, 0.2) is 6.10 Å². The molecule has 0 bridgehead atoms. The molecule has 0 spiro atoms. The summed E-state index contributed by atoms with van der Waals surface area (Å²) in [6, 6.07) is 0. The molecule has 0 fully saturated rings. The Hall–Kier alpha value is -1.59. The third-order valence-electron chi connectivity index (χ3n) is 12.4. The average Bonchev–Trinajstić information content (AvgIpc) is 3.23. The van der Waals surface area contributed by atoms with Crippen molar-refractivity contribution in [3.63, 3.8) is 0 Å². The van der Waals surface area contributed by atoms with Gasteiger partial charge in [-0.15, -0.1) is 0 Å². The Labute approximate surface area is 368 Å². The van der Waals surface area contributed by atoms with Crippen molar-refractivity contribution in [3.05, 3.63) is 0 Å². The van der Waals surface area contributed by atoms with Gasteiger partial charge in [-0.2, -0.15) is 0 Å². The maximum Gasteiger partial charge on any atom is 0.306 e. The van der Waals surface area contributed by atoms with Gasteiger partial charge in [0.2, 0.25) is 0 Å². The van der Waals surface area contributed by atoms with Crippen molar-refractivity contribution in [1.82, 2.24) is 0 Å². The number of ether oxygens (including phenoxy) is 3. The maximum atomic E-state index is 12.8. The van der Waals surface area contributed by atoms with Crippen molar-refractivity contribution in [2.24, 2.45) is 5.92 Å². The summed E-state index contributed by atoms with van der Waals surface area (Å²) in [5.41, 5.74) is 0. The molecule has 59 heavy (non-hydrogen) atoms. The van der Waals surface area contributed by atoms with Crippen LogP contribution < -0.4 is 0 Å². The zero-order chi connectivity index (χ0) is 43.1. The molecular formula is C53H102O6. The Morgan fingerprint density at radius 2 is 0.593 bits per heavy atom. The van der Waals surface area contributed by atoms with Crippen LogP contribution in [0.5, 0.6) is 0 Å². The number of rotatable bonds is 48. The van der Waals surface area contributed by atoms with Crippen molar-refractivity contribution < 1.29 is 28.6 Å². The van der Waals surface area contributed by atoms with E-state index in [9.17, 15) is 14.4 Å². The smallest absolute Gasteiger partial charge is 0.306 e. The molecule has 6 nitrogen and oxygen atoms in total. The fourth-order valence-corrected chi connectivity index (χ4v) is 8.01. The first-order chi connectivity index (χ1) is 28.9. The number of hydrogen-bond donors (Lipinski definition) is 0. The summed E-state index contributed by atoms with van der Waals surface area (Å²) in [6.45, 7) is 9.03. The molecule has 0 N–H and O–H groups in total. The molecule has 0 aliphatic heterocycles. The molecule has 0 saturated carbocycles. The first-order valence-corrected chi connectivity index (χ1v) is 26.4. The number of esters is 3. The zero-order valence-corrected chi connectivity index (χ0v) is 40.2. The largest absolute Gasteiger partial charge is 0.462 e. The molecule has 0 aromatic rings. The second kappa shape index (κ2) is 47.5. The molecule has 0 rings (SSSR count). The average molecular weight is 835 g/mol.